The number of nitrogens with one attached hydrogen (secondary N) is 1. The van der Waals surface area contributed by atoms with E-state index in [1.807, 2.05) is 37.3 Å². The van der Waals surface area contributed by atoms with Crippen molar-refractivity contribution in [1.29, 1.82) is 0 Å². The van der Waals surface area contributed by atoms with Crippen molar-refractivity contribution in [2.75, 3.05) is 30.8 Å². The topological polar surface area (TPSA) is 84.9 Å². The van der Waals surface area contributed by atoms with Crippen molar-refractivity contribution in [3.63, 3.8) is 0 Å². The first kappa shape index (κ1) is 22.5. The molecule has 1 atom stereocenters. The van der Waals surface area contributed by atoms with Crippen molar-refractivity contribution in [1.82, 2.24) is 5.32 Å². The molecule has 1 amide bonds. The smallest absolute Gasteiger partial charge is 0.232 e. The van der Waals surface area contributed by atoms with E-state index in [0.29, 0.717) is 24.5 Å². The molecular weight excluding hydrogens is 392 g/mol. The van der Waals surface area contributed by atoms with Crippen molar-refractivity contribution in [2.45, 2.75) is 25.8 Å². The van der Waals surface area contributed by atoms with Crippen molar-refractivity contribution in [3.8, 4) is 11.5 Å². The number of rotatable bonds is 11. The lowest BCUT2D eigenvalue weighted by atomic mass is 10.2. The Bertz CT molecular complexity index is 887. The Labute approximate surface area is 172 Å². The van der Waals surface area contributed by atoms with Gasteiger partial charge in [0.1, 0.15) is 18.1 Å². The van der Waals surface area contributed by atoms with Crippen LogP contribution < -0.4 is 19.1 Å². The van der Waals surface area contributed by atoms with Crippen LogP contribution in [-0.4, -0.2) is 46.9 Å². The van der Waals surface area contributed by atoms with E-state index in [2.05, 4.69) is 5.32 Å². The van der Waals surface area contributed by atoms with E-state index in [1.54, 1.807) is 24.3 Å². The summed E-state index contributed by atoms with van der Waals surface area (Å²) in [5.74, 6) is 1.17. The highest BCUT2D eigenvalue weighted by Crippen LogP contribution is 2.23. The first-order chi connectivity index (χ1) is 13.8. The van der Waals surface area contributed by atoms with Crippen molar-refractivity contribution < 1.29 is 22.7 Å². The third-order valence-corrected chi connectivity index (χ3v) is 5.35. The summed E-state index contributed by atoms with van der Waals surface area (Å²) in [7, 11) is -1.95. The number of ether oxygens (including phenoxy) is 2. The van der Waals surface area contributed by atoms with Crippen LogP contribution >= 0.6 is 0 Å². The van der Waals surface area contributed by atoms with Gasteiger partial charge in [-0.2, -0.15) is 0 Å². The summed E-state index contributed by atoms with van der Waals surface area (Å²) in [5.41, 5.74) is 0.511. The first-order valence-electron chi connectivity index (χ1n) is 9.38. The second-order valence-corrected chi connectivity index (χ2v) is 8.64. The molecule has 0 aliphatic carbocycles. The number of carbonyl (C=O) groups is 1. The van der Waals surface area contributed by atoms with Gasteiger partial charge in [-0.1, -0.05) is 24.3 Å². The zero-order valence-electron chi connectivity index (χ0n) is 17.0. The zero-order valence-corrected chi connectivity index (χ0v) is 17.8. The number of nitrogens with zero attached hydrogens (tertiary/aromatic N) is 1. The van der Waals surface area contributed by atoms with Gasteiger partial charge in [-0.15, -0.1) is 0 Å². The number of benzene rings is 2. The third-order valence-electron chi connectivity index (χ3n) is 4.16. The molecule has 0 aromatic heterocycles. The molecule has 7 nitrogen and oxygen atoms in total. The molecule has 2 aromatic carbocycles. The van der Waals surface area contributed by atoms with Crippen molar-refractivity contribution in [2.24, 2.45) is 0 Å². The summed E-state index contributed by atoms with van der Waals surface area (Å²) < 4.78 is 36.4. The molecule has 0 fully saturated rings. The lowest BCUT2D eigenvalue weighted by molar-refractivity contribution is -0.121. The van der Waals surface area contributed by atoms with Crippen LogP contribution in [0.3, 0.4) is 0 Å². The Kier molecular flexibility index (Phi) is 8.33. The summed E-state index contributed by atoms with van der Waals surface area (Å²) in [6.07, 6.45) is 1.75. The standard InChI is InChI=1S/C21H28N2O5S/c1-17(16-28-19-10-5-4-6-11-19)22-21(24)13-8-14-23(29(3,25)26)18-9-7-12-20(15-18)27-2/h4-7,9-12,15,17H,8,13-14,16H2,1-3H3,(H,22,24). The van der Waals surface area contributed by atoms with E-state index in [-0.39, 0.29) is 24.9 Å². The Morgan fingerprint density at radius 1 is 1.10 bits per heavy atom. The largest absolute Gasteiger partial charge is 0.497 e. The number of methoxy groups -OCH3 is 1. The molecule has 8 heteroatoms. The highest BCUT2D eigenvalue weighted by molar-refractivity contribution is 7.92. The number of amides is 1. The van der Waals surface area contributed by atoms with Gasteiger partial charge in [-0.25, -0.2) is 8.42 Å². The molecule has 158 valence electrons. The SMILES string of the molecule is COc1cccc(N(CCCC(=O)NC(C)COc2ccccc2)S(C)(=O)=O)c1. The lowest BCUT2D eigenvalue weighted by Gasteiger charge is -2.23. The minimum absolute atomic E-state index is 0.145. The molecule has 0 aliphatic heterocycles. The summed E-state index contributed by atoms with van der Waals surface area (Å²) in [4.78, 5) is 12.2. The number of anilines is 1. The number of sulfonamides is 1. The highest BCUT2D eigenvalue weighted by atomic mass is 32.2. The van der Waals surface area contributed by atoms with Gasteiger partial charge in [0.25, 0.3) is 0 Å². The Morgan fingerprint density at radius 2 is 1.79 bits per heavy atom. The van der Waals surface area contributed by atoms with Gasteiger partial charge in [0.15, 0.2) is 0 Å². The molecule has 2 rings (SSSR count). The van der Waals surface area contributed by atoms with Crippen LogP contribution in [0.25, 0.3) is 0 Å². The molecular formula is C21H28N2O5S. The second-order valence-electron chi connectivity index (χ2n) is 6.73. The van der Waals surface area contributed by atoms with Gasteiger partial charge >= 0.3 is 0 Å². The fourth-order valence-corrected chi connectivity index (χ4v) is 3.72. The van der Waals surface area contributed by atoms with Gasteiger partial charge in [-0.3, -0.25) is 9.10 Å². The zero-order chi connectivity index (χ0) is 21.3. The molecule has 1 unspecified atom stereocenters. The van der Waals surface area contributed by atoms with Gasteiger partial charge < -0.3 is 14.8 Å². The molecule has 0 spiro atoms. The average Bonchev–Trinajstić information content (AvgIpc) is 2.69. The van der Waals surface area contributed by atoms with E-state index >= 15 is 0 Å². The van der Waals surface area contributed by atoms with Gasteiger partial charge in [0, 0.05) is 19.0 Å². The molecule has 0 aliphatic rings. The van der Waals surface area contributed by atoms with Crippen molar-refractivity contribution in [3.05, 3.63) is 54.6 Å². The number of hydrogen-bond acceptors (Lipinski definition) is 5. The molecule has 0 saturated carbocycles. The quantitative estimate of drug-likeness (QED) is 0.604. The fraction of sp³-hybridized carbons (Fsp3) is 0.381. The minimum atomic E-state index is -3.48. The van der Waals surface area contributed by atoms with Gasteiger partial charge in [-0.05, 0) is 37.6 Å². The molecule has 0 heterocycles. The van der Waals surface area contributed by atoms with E-state index in [0.717, 1.165) is 12.0 Å². The van der Waals surface area contributed by atoms with E-state index < -0.39 is 10.0 Å². The molecule has 1 N–H and O–H groups in total. The lowest BCUT2D eigenvalue weighted by Crippen LogP contribution is -2.37. The maximum absolute atomic E-state index is 12.2. The number of hydrogen-bond donors (Lipinski definition) is 1. The second kappa shape index (κ2) is 10.7. The summed E-state index contributed by atoms with van der Waals surface area (Å²) in [6, 6.07) is 16.1. The average molecular weight is 421 g/mol. The van der Waals surface area contributed by atoms with Crippen LogP contribution in [-0.2, 0) is 14.8 Å². The van der Waals surface area contributed by atoms with Crippen molar-refractivity contribution >= 4 is 21.6 Å². The highest BCUT2D eigenvalue weighted by Gasteiger charge is 2.18. The maximum atomic E-state index is 12.2. The van der Waals surface area contributed by atoms with Gasteiger partial charge in [0.05, 0.1) is 25.1 Å². The Morgan fingerprint density at radius 3 is 2.45 bits per heavy atom. The van der Waals surface area contributed by atoms with Crippen LogP contribution in [0.15, 0.2) is 54.6 Å². The predicted octanol–water partition coefficient (Wildman–Crippen LogP) is 2.83. The molecule has 2 aromatic rings. The maximum Gasteiger partial charge on any atom is 0.232 e. The monoisotopic (exact) mass is 420 g/mol. The summed E-state index contributed by atoms with van der Waals surface area (Å²) >= 11 is 0. The molecule has 29 heavy (non-hydrogen) atoms. The normalized spacial score (nSPS) is 12.1. The van der Waals surface area contributed by atoms with Crippen LogP contribution in [0.1, 0.15) is 19.8 Å². The molecule has 0 radical (unpaired) electrons. The van der Waals surface area contributed by atoms with Crippen LogP contribution in [0, 0.1) is 0 Å². The van der Waals surface area contributed by atoms with E-state index in [1.165, 1.54) is 11.4 Å². The summed E-state index contributed by atoms with van der Waals surface area (Å²) in [5, 5.41) is 2.87. The Hall–Kier alpha value is -2.74. The number of para-hydroxylation sites is 1. The van der Waals surface area contributed by atoms with Crippen LogP contribution in [0.5, 0.6) is 11.5 Å². The molecule has 0 saturated heterocycles. The van der Waals surface area contributed by atoms with Crippen LogP contribution in [0.2, 0.25) is 0 Å². The van der Waals surface area contributed by atoms with E-state index in [4.69, 9.17) is 9.47 Å². The molecule has 0 bridgehead atoms. The fourth-order valence-electron chi connectivity index (χ4n) is 2.76. The van der Waals surface area contributed by atoms with Gasteiger partial charge in [0.2, 0.25) is 15.9 Å². The first-order valence-corrected chi connectivity index (χ1v) is 11.2. The predicted molar refractivity (Wildman–Crippen MR) is 114 cm³/mol. The Balaban J connectivity index is 1.83. The van der Waals surface area contributed by atoms with E-state index in [9.17, 15) is 13.2 Å². The minimum Gasteiger partial charge on any atom is -0.497 e. The summed E-state index contributed by atoms with van der Waals surface area (Å²) in [6.45, 7) is 2.42. The van der Waals surface area contributed by atoms with Crippen LogP contribution in [0.4, 0.5) is 5.69 Å². The third kappa shape index (κ3) is 7.65. The number of carbonyl (C=O) groups excluding carboxylic acids is 1.